The third kappa shape index (κ3) is 1.55. The molecule has 0 saturated carbocycles. The van der Waals surface area contributed by atoms with Gasteiger partial charge in [-0.2, -0.15) is 5.26 Å². The first-order valence-corrected chi connectivity index (χ1v) is 6.04. The Morgan fingerprint density at radius 3 is 3.00 bits per heavy atom. The number of carbonyl (C=O) groups is 1. The molecule has 0 unspecified atom stereocenters. The molecule has 1 aliphatic rings. The average molecular weight is 257 g/mol. The van der Waals surface area contributed by atoms with Crippen LogP contribution in [0, 0.1) is 11.3 Å². The van der Waals surface area contributed by atoms with Gasteiger partial charge in [-0.15, -0.1) is 11.3 Å². The Morgan fingerprint density at radius 1 is 1.44 bits per heavy atom. The minimum absolute atomic E-state index is 0.291. The molecule has 0 radical (unpaired) electrons. The number of carboxylic acid groups (broad SMARTS) is 1. The third-order valence-corrected chi connectivity index (χ3v) is 3.95. The largest absolute Gasteiger partial charge is 0.488 e. The lowest BCUT2D eigenvalue weighted by Gasteiger charge is -2.17. The van der Waals surface area contributed by atoms with Gasteiger partial charge in [0.1, 0.15) is 17.2 Å². The first-order chi connectivity index (χ1) is 8.69. The topological polar surface area (TPSA) is 70.3 Å². The molecule has 18 heavy (non-hydrogen) atoms. The minimum atomic E-state index is -0.938. The predicted molar refractivity (Wildman–Crippen MR) is 65.8 cm³/mol. The molecule has 2 aromatic rings. The molecule has 0 aliphatic carbocycles. The van der Waals surface area contributed by atoms with Gasteiger partial charge in [-0.05, 0) is 24.3 Å². The number of nitriles is 1. The van der Waals surface area contributed by atoms with E-state index < -0.39 is 5.97 Å². The molecular formula is C13H7NO3S. The maximum absolute atomic E-state index is 11.0. The number of thiophene rings is 1. The van der Waals surface area contributed by atoms with Crippen LogP contribution in [0.2, 0.25) is 0 Å². The summed E-state index contributed by atoms with van der Waals surface area (Å²) in [6, 6.07) is 8.87. The van der Waals surface area contributed by atoms with Gasteiger partial charge in [0, 0.05) is 16.0 Å². The van der Waals surface area contributed by atoms with E-state index in [-0.39, 0.29) is 0 Å². The molecule has 0 fully saturated rings. The van der Waals surface area contributed by atoms with Crippen LogP contribution in [0.4, 0.5) is 0 Å². The van der Waals surface area contributed by atoms with Gasteiger partial charge in [0.2, 0.25) is 0 Å². The van der Waals surface area contributed by atoms with Crippen molar-refractivity contribution >= 4 is 17.3 Å². The highest BCUT2D eigenvalue weighted by Crippen LogP contribution is 2.42. The summed E-state index contributed by atoms with van der Waals surface area (Å²) in [5, 5.41) is 17.9. The number of ether oxygens (including phenoxy) is 1. The Bertz CT molecular complexity index is 697. The van der Waals surface area contributed by atoms with E-state index in [2.05, 4.69) is 6.07 Å². The number of nitrogens with zero attached hydrogens (tertiary/aromatic N) is 1. The van der Waals surface area contributed by atoms with E-state index in [1.807, 2.05) is 0 Å². The fraction of sp³-hybridized carbons (Fsp3) is 0.0769. The van der Waals surface area contributed by atoms with E-state index in [0.717, 1.165) is 16.0 Å². The van der Waals surface area contributed by atoms with Crippen molar-refractivity contribution < 1.29 is 14.6 Å². The minimum Gasteiger partial charge on any atom is -0.488 e. The van der Waals surface area contributed by atoms with Crippen molar-refractivity contribution in [1.82, 2.24) is 0 Å². The van der Waals surface area contributed by atoms with Crippen LogP contribution < -0.4 is 4.74 Å². The van der Waals surface area contributed by atoms with Crippen molar-refractivity contribution in [3.8, 4) is 22.3 Å². The van der Waals surface area contributed by atoms with Crippen molar-refractivity contribution in [2.24, 2.45) is 0 Å². The van der Waals surface area contributed by atoms with Crippen LogP contribution in [-0.2, 0) is 6.61 Å². The summed E-state index contributed by atoms with van der Waals surface area (Å²) >= 11 is 1.22. The van der Waals surface area contributed by atoms with Crippen LogP contribution in [0.15, 0.2) is 24.3 Å². The smallest absolute Gasteiger partial charge is 0.345 e. The Kier molecular flexibility index (Phi) is 2.32. The summed E-state index contributed by atoms with van der Waals surface area (Å²) in [7, 11) is 0. The van der Waals surface area contributed by atoms with Crippen LogP contribution in [-0.4, -0.2) is 11.1 Å². The Balaban J connectivity index is 2.21. The summed E-state index contributed by atoms with van der Waals surface area (Å²) in [6.07, 6.45) is 0. The molecule has 0 amide bonds. The summed E-state index contributed by atoms with van der Waals surface area (Å²) in [5.74, 6) is -0.243. The molecule has 0 bridgehead atoms. The van der Waals surface area contributed by atoms with E-state index in [0.29, 0.717) is 22.8 Å². The van der Waals surface area contributed by atoms with Crippen LogP contribution in [0.1, 0.15) is 20.8 Å². The molecule has 3 rings (SSSR count). The number of carboxylic acids is 1. The Morgan fingerprint density at radius 2 is 2.28 bits per heavy atom. The van der Waals surface area contributed by atoms with Crippen molar-refractivity contribution in [3.05, 3.63) is 40.3 Å². The second-order valence-electron chi connectivity index (χ2n) is 3.88. The maximum Gasteiger partial charge on any atom is 0.345 e. The highest BCUT2D eigenvalue weighted by molar-refractivity contribution is 7.17. The predicted octanol–water partition coefficient (Wildman–Crippen LogP) is 2.88. The molecule has 88 valence electrons. The molecule has 2 heterocycles. The molecule has 1 aromatic carbocycles. The number of aromatic carboxylic acids is 1. The summed E-state index contributed by atoms with van der Waals surface area (Å²) < 4.78 is 5.55. The Hall–Kier alpha value is -2.32. The van der Waals surface area contributed by atoms with Gasteiger partial charge in [0.05, 0.1) is 11.6 Å². The SMILES string of the molecule is N#Cc1ccc2c(c1)-c1sc(C(=O)O)cc1CO2. The normalized spacial score (nSPS) is 11.9. The molecule has 1 aliphatic heterocycles. The molecule has 1 N–H and O–H groups in total. The zero-order chi connectivity index (χ0) is 12.7. The zero-order valence-electron chi connectivity index (χ0n) is 9.14. The second-order valence-corrected chi connectivity index (χ2v) is 4.93. The Labute approximate surface area is 107 Å². The lowest BCUT2D eigenvalue weighted by molar-refractivity contribution is 0.0702. The molecular weight excluding hydrogens is 250 g/mol. The lowest BCUT2D eigenvalue weighted by atomic mass is 10.0. The van der Waals surface area contributed by atoms with Gasteiger partial charge in [-0.3, -0.25) is 0 Å². The zero-order valence-corrected chi connectivity index (χ0v) is 9.95. The molecule has 4 nitrogen and oxygen atoms in total. The molecule has 0 spiro atoms. The van der Waals surface area contributed by atoms with Crippen LogP contribution >= 0.6 is 11.3 Å². The quantitative estimate of drug-likeness (QED) is 0.852. The van der Waals surface area contributed by atoms with Crippen LogP contribution in [0.5, 0.6) is 5.75 Å². The lowest BCUT2D eigenvalue weighted by Crippen LogP contribution is -2.02. The highest BCUT2D eigenvalue weighted by atomic mass is 32.1. The monoisotopic (exact) mass is 257 g/mol. The van der Waals surface area contributed by atoms with Crippen molar-refractivity contribution in [1.29, 1.82) is 5.26 Å². The van der Waals surface area contributed by atoms with Gasteiger partial charge in [0.25, 0.3) is 0 Å². The summed E-state index contributed by atoms with van der Waals surface area (Å²) in [6.45, 7) is 0.373. The van der Waals surface area contributed by atoms with E-state index in [4.69, 9.17) is 15.1 Å². The summed E-state index contributed by atoms with van der Waals surface area (Å²) in [4.78, 5) is 12.1. The van der Waals surface area contributed by atoms with E-state index in [1.165, 1.54) is 11.3 Å². The molecule has 1 aromatic heterocycles. The third-order valence-electron chi connectivity index (χ3n) is 2.76. The number of benzene rings is 1. The highest BCUT2D eigenvalue weighted by Gasteiger charge is 2.22. The van der Waals surface area contributed by atoms with E-state index in [9.17, 15) is 4.79 Å². The maximum atomic E-state index is 11.0. The number of hydrogen-bond acceptors (Lipinski definition) is 4. The van der Waals surface area contributed by atoms with E-state index in [1.54, 1.807) is 24.3 Å². The standard InChI is InChI=1S/C13H7NO3S/c14-5-7-1-2-10-9(3-7)12-8(6-17-10)4-11(18-12)13(15)16/h1-4H,6H2,(H,15,16). The van der Waals surface area contributed by atoms with Gasteiger partial charge in [0.15, 0.2) is 0 Å². The van der Waals surface area contributed by atoms with Crippen molar-refractivity contribution in [2.45, 2.75) is 6.61 Å². The summed E-state index contributed by atoms with van der Waals surface area (Å²) in [5.41, 5.74) is 2.20. The molecule has 0 saturated heterocycles. The number of fused-ring (bicyclic) bond motifs is 3. The van der Waals surface area contributed by atoms with Crippen LogP contribution in [0.25, 0.3) is 10.4 Å². The van der Waals surface area contributed by atoms with E-state index >= 15 is 0 Å². The second kappa shape index (κ2) is 3.86. The van der Waals surface area contributed by atoms with Crippen LogP contribution in [0.3, 0.4) is 0 Å². The van der Waals surface area contributed by atoms with Gasteiger partial charge < -0.3 is 9.84 Å². The fourth-order valence-electron chi connectivity index (χ4n) is 1.93. The van der Waals surface area contributed by atoms with Gasteiger partial charge >= 0.3 is 5.97 Å². The van der Waals surface area contributed by atoms with Gasteiger partial charge in [-0.1, -0.05) is 0 Å². The van der Waals surface area contributed by atoms with Crippen molar-refractivity contribution in [3.63, 3.8) is 0 Å². The first-order valence-electron chi connectivity index (χ1n) is 5.22. The van der Waals surface area contributed by atoms with Gasteiger partial charge in [-0.25, -0.2) is 4.79 Å². The number of rotatable bonds is 1. The number of hydrogen-bond donors (Lipinski definition) is 1. The van der Waals surface area contributed by atoms with Crippen molar-refractivity contribution in [2.75, 3.05) is 0 Å². The average Bonchev–Trinajstić information content (AvgIpc) is 2.82. The first kappa shape index (κ1) is 10.8. The molecule has 5 heteroatoms. The molecule has 0 atom stereocenters. The fourth-order valence-corrected chi connectivity index (χ4v) is 2.95.